The van der Waals surface area contributed by atoms with Crippen molar-refractivity contribution < 1.29 is 5.21 Å². The molecule has 0 amide bonds. The molecule has 2 unspecified atom stereocenters. The molecule has 0 heterocycles. The number of oxime groups is 1. The Labute approximate surface area is 107 Å². The SMILES string of the molecule is CCC(C)C(C)(C)C(=NO)C(C)(C)C(C)CC. The Balaban J connectivity index is 5.36. The van der Waals surface area contributed by atoms with Crippen molar-refractivity contribution in [1.82, 2.24) is 0 Å². The van der Waals surface area contributed by atoms with Crippen molar-refractivity contribution in [3.63, 3.8) is 0 Å². The Kier molecular flexibility index (Phi) is 5.70. The second kappa shape index (κ2) is 5.88. The summed E-state index contributed by atoms with van der Waals surface area (Å²) >= 11 is 0. The summed E-state index contributed by atoms with van der Waals surface area (Å²) in [5.74, 6) is 1.02. The molecule has 17 heavy (non-hydrogen) atoms. The molecule has 1 N–H and O–H groups in total. The van der Waals surface area contributed by atoms with E-state index in [0.29, 0.717) is 11.8 Å². The van der Waals surface area contributed by atoms with Gasteiger partial charge in [0.25, 0.3) is 0 Å². The summed E-state index contributed by atoms with van der Waals surface area (Å²) in [5, 5.41) is 13.2. The van der Waals surface area contributed by atoms with Gasteiger partial charge < -0.3 is 5.21 Å². The molecule has 0 rings (SSSR count). The van der Waals surface area contributed by atoms with Crippen molar-refractivity contribution in [3.8, 4) is 0 Å². The summed E-state index contributed by atoms with van der Waals surface area (Å²) in [6.07, 6.45) is 2.20. The van der Waals surface area contributed by atoms with Crippen LogP contribution in [0.5, 0.6) is 0 Å². The lowest BCUT2D eigenvalue weighted by Gasteiger charge is -2.42. The third kappa shape index (κ3) is 3.23. The van der Waals surface area contributed by atoms with E-state index in [2.05, 4.69) is 60.5 Å². The van der Waals surface area contributed by atoms with Gasteiger partial charge in [-0.2, -0.15) is 0 Å². The topological polar surface area (TPSA) is 32.6 Å². The molecule has 0 aliphatic rings. The van der Waals surface area contributed by atoms with Crippen molar-refractivity contribution in [3.05, 3.63) is 0 Å². The Morgan fingerprint density at radius 1 is 0.941 bits per heavy atom. The van der Waals surface area contributed by atoms with E-state index in [-0.39, 0.29) is 10.8 Å². The van der Waals surface area contributed by atoms with Crippen LogP contribution in [-0.4, -0.2) is 10.9 Å². The molecule has 0 aromatic rings. The maximum Gasteiger partial charge on any atom is 0.0688 e. The van der Waals surface area contributed by atoms with Crippen LogP contribution in [0, 0.1) is 22.7 Å². The molecule has 0 bridgehead atoms. The molecule has 0 saturated heterocycles. The van der Waals surface area contributed by atoms with Crippen LogP contribution < -0.4 is 0 Å². The predicted molar refractivity (Wildman–Crippen MR) is 75.7 cm³/mol. The molecule has 0 radical (unpaired) electrons. The van der Waals surface area contributed by atoms with E-state index in [9.17, 15) is 5.21 Å². The summed E-state index contributed by atoms with van der Waals surface area (Å²) in [7, 11) is 0. The van der Waals surface area contributed by atoms with Gasteiger partial charge in [0, 0.05) is 10.8 Å². The Morgan fingerprint density at radius 3 is 1.41 bits per heavy atom. The Hall–Kier alpha value is -0.530. The number of hydrogen-bond acceptors (Lipinski definition) is 2. The molecule has 2 nitrogen and oxygen atoms in total. The van der Waals surface area contributed by atoms with Gasteiger partial charge in [-0.25, -0.2) is 0 Å². The quantitative estimate of drug-likeness (QED) is 0.398. The van der Waals surface area contributed by atoms with E-state index in [0.717, 1.165) is 18.6 Å². The lowest BCUT2D eigenvalue weighted by Crippen LogP contribution is -2.44. The van der Waals surface area contributed by atoms with Crippen molar-refractivity contribution in [2.45, 2.75) is 68.2 Å². The molecular formula is C15H31NO. The largest absolute Gasteiger partial charge is 0.411 e. The highest BCUT2D eigenvalue weighted by molar-refractivity contribution is 5.94. The highest BCUT2D eigenvalue weighted by atomic mass is 16.4. The summed E-state index contributed by atoms with van der Waals surface area (Å²) < 4.78 is 0. The van der Waals surface area contributed by atoms with Crippen molar-refractivity contribution >= 4 is 5.71 Å². The van der Waals surface area contributed by atoms with Crippen LogP contribution in [0.2, 0.25) is 0 Å². The van der Waals surface area contributed by atoms with Crippen molar-refractivity contribution in [2.24, 2.45) is 27.8 Å². The molecule has 0 aliphatic carbocycles. The molecule has 0 spiro atoms. The molecule has 0 fully saturated rings. The van der Waals surface area contributed by atoms with Crippen molar-refractivity contribution in [1.29, 1.82) is 0 Å². The maximum atomic E-state index is 9.47. The molecule has 0 aliphatic heterocycles. The van der Waals surface area contributed by atoms with Gasteiger partial charge in [-0.15, -0.1) is 0 Å². The van der Waals surface area contributed by atoms with Crippen LogP contribution in [0.3, 0.4) is 0 Å². The van der Waals surface area contributed by atoms with Crippen molar-refractivity contribution in [2.75, 3.05) is 0 Å². The fourth-order valence-corrected chi connectivity index (χ4v) is 2.58. The van der Waals surface area contributed by atoms with Gasteiger partial charge in [-0.1, -0.05) is 73.4 Å². The highest BCUT2D eigenvalue weighted by Gasteiger charge is 2.42. The van der Waals surface area contributed by atoms with Crippen LogP contribution in [0.15, 0.2) is 5.16 Å². The average Bonchev–Trinajstić information content (AvgIpc) is 2.26. The van der Waals surface area contributed by atoms with Crippen LogP contribution in [0.1, 0.15) is 68.2 Å². The average molecular weight is 241 g/mol. The zero-order valence-corrected chi connectivity index (χ0v) is 13.0. The van der Waals surface area contributed by atoms with E-state index >= 15 is 0 Å². The first-order valence-electron chi connectivity index (χ1n) is 6.89. The fraction of sp³-hybridized carbons (Fsp3) is 0.933. The molecule has 102 valence electrons. The normalized spacial score (nSPS) is 16.5. The number of hydrogen-bond donors (Lipinski definition) is 1. The molecular weight excluding hydrogens is 210 g/mol. The third-order valence-corrected chi connectivity index (χ3v) is 5.01. The van der Waals surface area contributed by atoms with Gasteiger partial charge in [0.05, 0.1) is 5.71 Å². The smallest absolute Gasteiger partial charge is 0.0688 e. The summed E-state index contributed by atoms with van der Waals surface area (Å²) in [5.41, 5.74) is 0.820. The van der Waals surface area contributed by atoms with Gasteiger partial charge in [-0.3, -0.25) is 0 Å². The minimum Gasteiger partial charge on any atom is -0.411 e. The molecule has 0 aromatic heterocycles. The number of rotatable bonds is 6. The first kappa shape index (κ1) is 16.5. The molecule has 2 heteroatoms. The highest BCUT2D eigenvalue weighted by Crippen LogP contribution is 2.42. The van der Waals surface area contributed by atoms with E-state index in [1.165, 1.54) is 0 Å². The lowest BCUT2D eigenvalue weighted by molar-refractivity contribution is 0.224. The van der Waals surface area contributed by atoms with Gasteiger partial charge in [0.1, 0.15) is 0 Å². The first-order chi connectivity index (χ1) is 7.66. The van der Waals surface area contributed by atoms with E-state index in [4.69, 9.17) is 0 Å². The second-order valence-corrected chi connectivity index (χ2v) is 6.51. The maximum absolute atomic E-state index is 9.47. The molecule has 2 atom stereocenters. The van der Waals surface area contributed by atoms with Gasteiger partial charge in [-0.05, 0) is 11.8 Å². The fourth-order valence-electron chi connectivity index (χ4n) is 2.58. The van der Waals surface area contributed by atoms with Gasteiger partial charge in [0.2, 0.25) is 0 Å². The van der Waals surface area contributed by atoms with E-state index in [1.807, 2.05) is 0 Å². The van der Waals surface area contributed by atoms with Crippen LogP contribution >= 0.6 is 0 Å². The summed E-state index contributed by atoms with van der Waals surface area (Å²) in [6.45, 7) is 17.6. The van der Waals surface area contributed by atoms with E-state index < -0.39 is 0 Å². The zero-order valence-electron chi connectivity index (χ0n) is 13.0. The first-order valence-corrected chi connectivity index (χ1v) is 6.89. The Morgan fingerprint density at radius 2 is 1.24 bits per heavy atom. The minimum atomic E-state index is -0.0591. The Bertz CT molecular complexity index is 242. The molecule has 0 aromatic carbocycles. The third-order valence-electron chi connectivity index (χ3n) is 5.01. The summed E-state index contributed by atoms with van der Waals surface area (Å²) in [6, 6.07) is 0. The summed E-state index contributed by atoms with van der Waals surface area (Å²) in [4.78, 5) is 0. The van der Waals surface area contributed by atoms with Gasteiger partial charge in [0.15, 0.2) is 0 Å². The standard InChI is InChI=1S/C15H31NO/c1-9-11(3)14(5,6)13(16-17)15(7,8)12(4)10-2/h11-12,17H,9-10H2,1-8H3. The van der Waals surface area contributed by atoms with Crippen LogP contribution in [-0.2, 0) is 0 Å². The minimum absolute atomic E-state index is 0.0591. The monoisotopic (exact) mass is 241 g/mol. The molecule has 0 saturated carbocycles. The lowest BCUT2D eigenvalue weighted by atomic mass is 9.62. The van der Waals surface area contributed by atoms with E-state index in [1.54, 1.807) is 0 Å². The number of nitrogens with zero attached hydrogens (tertiary/aromatic N) is 1. The van der Waals surface area contributed by atoms with Crippen LogP contribution in [0.4, 0.5) is 0 Å². The second-order valence-electron chi connectivity index (χ2n) is 6.51. The predicted octanol–water partition coefficient (Wildman–Crippen LogP) is 4.96. The zero-order chi connectivity index (χ0) is 13.9. The van der Waals surface area contributed by atoms with Crippen LogP contribution in [0.25, 0.3) is 0 Å². The van der Waals surface area contributed by atoms with Gasteiger partial charge >= 0.3 is 0 Å².